The van der Waals surface area contributed by atoms with Crippen molar-refractivity contribution in [3.63, 3.8) is 0 Å². The zero-order chi connectivity index (χ0) is 20.4. The van der Waals surface area contributed by atoms with E-state index in [9.17, 15) is 14.0 Å². The summed E-state index contributed by atoms with van der Waals surface area (Å²) in [5.41, 5.74) is 1.60. The molecule has 4 rings (SSSR count). The van der Waals surface area contributed by atoms with Gasteiger partial charge in [0, 0.05) is 36.5 Å². The molecule has 0 aliphatic heterocycles. The summed E-state index contributed by atoms with van der Waals surface area (Å²) in [7, 11) is 1.81. The Balaban J connectivity index is 1.35. The lowest BCUT2D eigenvalue weighted by Crippen LogP contribution is -2.32. The Hall–Kier alpha value is -3.20. The van der Waals surface area contributed by atoms with E-state index in [0.717, 1.165) is 12.8 Å². The van der Waals surface area contributed by atoms with Gasteiger partial charge in [-0.25, -0.2) is 9.37 Å². The molecule has 2 aromatic heterocycles. The van der Waals surface area contributed by atoms with Crippen molar-refractivity contribution in [1.82, 2.24) is 14.9 Å². The fourth-order valence-electron chi connectivity index (χ4n) is 2.68. The molecule has 1 aliphatic rings. The fourth-order valence-corrected chi connectivity index (χ4v) is 3.42. The topological polar surface area (TPSA) is 85.3 Å². The van der Waals surface area contributed by atoms with Crippen molar-refractivity contribution in [1.29, 1.82) is 0 Å². The summed E-state index contributed by atoms with van der Waals surface area (Å²) < 4.78 is 21.3. The van der Waals surface area contributed by atoms with Crippen molar-refractivity contribution >= 4 is 28.3 Å². The Bertz CT molecular complexity index is 1060. The molecule has 2 N–H and O–H groups in total. The van der Waals surface area contributed by atoms with E-state index in [0.29, 0.717) is 27.7 Å². The number of carbonyl (C=O) groups is 2. The summed E-state index contributed by atoms with van der Waals surface area (Å²) in [6, 6.07) is 6.13. The summed E-state index contributed by atoms with van der Waals surface area (Å²) in [4.78, 5) is 28.4. The SMILES string of the molecule is Cn1ccc(C(=O)NCC(=O)Nc2nc(-c3cc(F)cc(OC4CC4)c3)cs2)c1. The van der Waals surface area contributed by atoms with Crippen LogP contribution in [0.15, 0.2) is 42.0 Å². The maximum absolute atomic E-state index is 13.9. The molecular weight excluding hydrogens is 395 g/mol. The lowest BCUT2D eigenvalue weighted by Gasteiger charge is -2.06. The first kappa shape index (κ1) is 19.1. The minimum atomic E-state index is -0.402. The second-order valence-electron chi connectivity index (χ2n) is 6.83. The second kappa shape index (κ2) is 8.04. The molecule has 0 bridgehead atoms. The first-order valence-corrected chi connectivity index (χ1v) is 9.97. The van der Waals surface area contributed by atoms with Crippen LogP contribution in [0.3, 0.4) is 0 Å². The van der Waals surface area contributed by atoms with Crippen LogP contribution in [-0.2, 0) is 11.8 Å². The molecule has 0 atom stereocenters. The Morgan fingerprint density at radius 3 is 2.90 bits per heavy atom. The van der Waals surface area contributed by atoms with Gasteiger partial charge in [-0.05, 0) is 31.0 Å². The highest BCUT2D eigenvalue weighted by atomic mass is 32.1. The molecule has 2 amide bonds. The quantitative estimate of drug-likeness (QED) is 0.622. The number of hydrogen-bond donors (Lipinski definition) is 2. The molecule has 0 saturated heterocycles. The molecule has 0 unspecified atom stereocenters. The molecule has 9 heteroatoms. The van der Waals surface area contributed by atoms with Crippen LogP contribution < -0.4 is 15.4 Å². The minimum Gasteiger partial charge on any atom is -0.490 e. The summed E-state index contributed by atoms with van der Waals surface area (Å²) in [6.45, 7) is -0.179. The van der Waals surface area contributed by atoms with Gasteiger partial charge in [-0.1, -0.05) is 0 Å². The maximum atomic E-state index is 13.9. The molecule has 150 valence electrons. The van der Waals surface area contributed by atoms with Crippen molar-refractivity contribution < 1.29 is 18.7 Å². The lowest BCUT2D eigenvalue weighted by molar-refractivity contribution is -0.115. The number of benzene rings is 1. The van der Waals surface area contributed by atoms with Crippen molar-refractivity contribution in [2.45, 2.75) is 18.9 Å². The smallest absolute Gasteiger partial charge is 0.253 e. The molecule has 2 heterocycles. The van der Waals surface area contributed by atoms with Crippen LogP contribution in [0.1, 0.15) is 23.2 Å². The van der Waals surface area contributed by atoms with Gasteiger partial charge in [-0.3, -0.25) is 9.59 Å². The van der Waals surface area contributed by atoms with E-state index in [-0.39, 0.29) is 18.6 Å². The molecule has 1 fully saturated rings. The van der Waals surface area contributed by atoms with Gasteiger partial charge in [0.05, 0.1) is 23.9 Å². The maximum Gasteiger partial charge on any atom is 0.253 e. The molecule has 29 heavy (non-hydrogen) atoms. The van der Waals surface area contributed by atoms with Gasteiger partial charge in [-0.15, -0.1) is 11.3 Å². The number of amides is 2. The zero-order valence-corrected chi connectivity index (χ0v) is 16.5. The van der Waals surface area contributed by atoms with Crippen LogP contribution in [0.25, 0.3) is 11.3 Å². The summed E-state index contributed by atoms with van der Waals surface area (Å²) >= 11 is 1.22. The number of thiazole rings is 1. The average molecular weight is 414 g/mol. The van der Waals surface area contributed by atoms with Gasteiger partial charge in [-0.2, -0.15) is 0 Å². The summed E-state index contributed by atoms with van der Waals surface area (Å²) in [5, 5.41) is 7.29. The second-order valence-corrected chi connectivity index (χ2v) is 7.69. The van der Waals surface area contributed by atoms with E-state index in [1.165, 1.54) is 23.5 Å². The number of nitrogens with zero attached hydrogens (tertiary/aromatic N) is 2. The number of anilines is 1. The third kappa shape index (κ3) is 5.00. The van der Waals surface area contributed by atoms with Crippen LogP contribution in [-0.4, -0.2) is 34.0 Å². The van der Waals surface area contributed by atoms with Gasteiger partial charge in [0.2, 0.25) is 5.91 Å². The van der Waals surface area contributed by atoms with Crippen molar-refractivity contribution in [2.24, 2.45) is 7.05 Å². The average Bonchev–Trinajstić information content (AvgIpc) is 3.18. The van der Waals surface area contributed by atoms with E-state index in [1.807, 2.05) is 7.05 Å². The van der Waals surface area contributed by atoms with Crippen molar-refractivity contribution in [3.05, 3.63) is 53.4 Å². The molecule has 0 radical (unpaired) electrons. The molecule has 1 aliphatic carbocycles. The largest absolute Gasteiger partial charge is 0.490 e. The number of nitrogens with one attached hydrogen (secondary N) is 2. The number of hydrogen-bond acceptors (Lipinski definition) is 5. The van der Waals surface area contributed by atoms with E-state index in [4.69, 9.17) is 4.74 Å². The number of ether oxygens (including phenoxy) is 1. The van der Waals surface area contributed by atoms with Gasteiger partial charge >= 0.3 is 0 Å². The zero-order valence-electron chi connectivity index (χ0n) is 15.6. The predicted molar refractivity (Wildman–Crippen MR) is 108 cm³/mol. The Morgan fingerprint density at radius 2 is 2.17 bits per heavy atom. The Kier molecular flexibility index (Phi) is 5.30. The molecule has 3 aromatic rings. The first-order chi connectivity index (χ1) is 14.0. The molecule has 7 nitrogen and oxygen atoms in total. The fraction of sp³-hybridized carbons (Fsp3) is 0.250. The number of aromatic nitrogens is 2. The van der Waals surface area contributed by atoms with Gasteiger partial charge < -0.3 is 19.9 Å². The van der Waals surface area contributed by atoms with Crippen LogP contribution >= 0.6 is 11.3 Å². The predicted octanol–water partition coefficient (Wildman–Crippen LogP) is 3.20. The van der Waals surface area contributed by atoms with Gasteiger partial charge in [0.1, 0.15) is 11.6 Å². The highest BCUT2D eigenvalue weighted by Gasteiger charge is 2.24. The monoisotopic (exact) mass is 414 g/mol. The van der Waals surface area contributed by atoms with Crippen LogP contribution in [0, 0.1) is 5.82 Å². The van der Waals surface area contributed by atoms with E-state index in [2.05, 4.69) is 15.6 Å². The molecule has 0 spiro atoms. The molecule has 1 saturated carbocycles. The van der Waals surface area contributed by atoms with Gasteiger partial charge in [0.15, 0.2) is 5.13 Å². The minimum absolute atomic E-state index is 0.168. The Labute approximate surface area is 170 Å². The number of halogens is 1. The number of carbonyl (C=O) groups excluding carboxylic acids is 2. The number of rotatable bonds is 7. The Morgan fingerprint density at radius 1 is 1.34 bits per heavy atom. The number of aryl methyl sites for hydroxylation is 1. The van der Waals surface area contributed by atoms with E-state index in [1.54, 1.807) is 34.5 Å². The van der Waals surface area contributed by atoms with Crippen LogP contribution in [0.4, 0.5) is 9.52 Å². The third-order valence-corrected chi connectivity index (χ3v) is 5.01. The van der Waals surface area contributed by atoms with Crippen molar-refractivity contribution in [2.75, 3.05) is 11.9 Å². The van der Waals surface area contributed by atoms with Crippen LogP contribution in [0.5, 0.6) is 5.75 Å². The van der Waals surface area contributed by atoms with E-state index < -0.39 is 11.7 Å². The van der Waals surface area contributed by atoms with E-state index >= 15 is 0 Å². The first-order valence-electron chi connectivity index (χ1n) is 9.09. The highest BCUT2D eigenvalue weighted by molar-refractivity contribution is 7.14. The summed E-state index contributed by atoms with van der Waals surface area (Å²) in [6.07, 6.45) is 5.56. The molecule has 1 aromatic carbocycles. The standard InChI is InChI=1S/C20H19FN4O3S/c1-25-5-4-12(10-25)19(27)22-9-18(26)24-20-23-17(11-29-20)13-6-14(21)8-16(7-13)28-15-2-3-15/h4-8,10-11,15H,2-3,9H2,1H3,(H,22,27)(H,23,24,26). The summed E-state index contributed by atoms with van der Waals surface area (Å²) in [5.74, 6) is -0.652. The lowest BCUT2D eigenvalue weighted by atomic mass is 10.1. The third-order valence-electron chi connectivity index (χ3n) is 4.25. The van der Waals surface area contributed by atoms with Gasteiger partial charge in [0.25, 0.3) is 5.91 Å². The van der Waals surface area contributed by atoms with Crippen molar-refractivity contribution in [3.8, 4) is 17.0 Å². The van der Waals surface area contributed by atoms with Crippen LogP contribution in [0.2, 0.25) is 0 Å². The molecular formula is C20H19FN4O3S. The normalized spacial score (nSPS) is 13.2. The highest BCUT2D eigenvalue weighted by Crippen LogP contribution is 2.32.